The molecule has 1 aliphatic heterocycles. The molecule has 0 N–H and O–H groups in total. The van der Waals surface area contributed by atoms with Gasteiger partial charge in [-0.15, -0.1) is 0 Å². The highest BCUT2D eigenvalue weighted by Gasteiger charge is 2.38. The molecule has 1 amide bonds. The maximum Gasteiger partial charge on any atom is 0.340 e. The van der Waals surface area contributed by atoms with E-state index < -0.39 is 23.5 Å². The summed E-state index contributed by atoms with van der Waals surface area (Å²) in [4.78, 5) is 26.5. The van der Waals surface area contributed by atoms with Crippen molar-refractivity contribution in [2.75, 3.05) is 12.0 Å². The largest absolute Gasteiger partial charge is 0.465 e. The third kappa shape index (κ3) is 3.36. The lowest BCUT2D eigenvalue weighted by molar-refractivity contribution is -0.136. The number of anilines is 1. The molecule has 2 aromatic rings. The van der Waals surface area contributed by atoms with Crippen molar-refractivity contribution in [2.24, 2.45) is 0 Å². The van der Waals surface area contributed by atoms with Crippen LogP contribution < -0.4 is 4.90 Å². The van der Waals surface area contributed by atoms with Crippen LogP contribution in [0.4, 0.5) is 14.5 Å². The summed E-state index contributed by atoms with van der Waals surface area (Å²) in [5, 5.41) is -0.167. The van der Waals surface area contributed by atoms with E-state index in [0.29, 0.717) is 0 Å². The number of amides is 1. The number of hydrogen-bond donors (Lipinski definition) is 0. The predicted octanol–water partition coefficient (Wildman–Crippen LogP) is 4.50. The van der Waals surface area contributed by atoms with Crippen LogP contribution in [-0.2, 0) is 14.3 Å². The molecule has 0 aliphatic carbocycles. The van der Waals surface area contributed by atoms with Crippen LogP contribution in [0.15, 0.2) is 59.3 Å². The number of hydrogen-bond acceptors (Lipinski definition) is 3. The van der Waals surface area contributed by atoms with Crippen LogP contribution in [0.1, 0.15) is 12.5 Å². The van der Waals surface area contributed by atoms with Crippen LogP contribution in [-0.4, -0.2) is 19.0 Å². The first-order valence-electron chi connectivity index (χ1n) is 7.90. The summed E-state index contributed by atoms with van der Waals surface area (Å²) in [6.45, 7) is 1.55. The molecule has 4 nitrogen and oxygen atoms in total. The lowest BCUT2D eigenvalue weighted by Crippen LogP contribution is -2.24. The maximum atomic E-state index is 14.0. The Morgan fingerprint density at radius 3 is 2.48 bits per heavy atom. The van der Waals surface area contributed by atoms with Crippen LogP contribution in [0.3, 0.4) is 0 Å². The second-order valence-corrected chi connectivity index (χ2v) is 6.18. The number of ether oxygens (including phenoxy) is 1. The second-order valence-electron chi connectivity index (χ2n) is 5.77. The van der Waals surface area contributed by atoms with E-state index >= 15 is 0 Å². The average Bonchev–Trinajstić information content (AvgIpc) is 2.89. The minimum absolute atomic E-state index is 0.00574. The highest BCUT2D eigenvalue weighted by Crippen LogP contribution is 2.36. The quantitative estimate of drug-likeness (QED) is 0.573. The van der Waals surface area contributed by atoms with Crippen molar-refractivity contribution in [3.8, 4) is 0 Å². The van der Waals surface area contributed by atoms with Crippen molar-refractivity contribution in [1.82, 2.24) is 0 Å². The maximum absolute atomic E-state index is 14.0. The van der Waals surface area contributed by atoms with E-state index in [0.717, 1.165) is 6.07 Å². The molecule has 0 unspecified atom stereocenters. The zero-order valence-corrected chi connectivity index (χ0v) is 15.2. The molecule has 2 aromatic carbocycles. The van der Waals surface area contributed by atoms with Gasteiger partial charge in [-0.1, -0.05) is 29.8 Å². The van der Waals surface area contributed by atoms with E-state index in [-0.39, 0.29) is 33.1 Å². The molecule has 1 aliphatic rings. The Hall–Kier alpha value is -2.99. The summed E-state index contributed by atoms with van der Waals surface area (Å²) >= 11 is 5.82. The molecule has 7 heteroatoms. The van der Waals surface area contributed by atoms with E-state index in [2.05, 4.69) is 0 Å². The Morgan fingerprint density at radius 1 is 1.15 bits per heavy atom. The van der Waals surface area contributed by atoms with Crippen molar-refractivity contribution >= 4 is 35.2 Å². The molecule has 0 bridgehead atoms. The van der Waals surface area contributed by atoms with Crippen molar-refractivity contribution in [3.05, 3.63) is 81.5 Å². The molecular formula is C20H14ClF2NO3. The summed E-state index contributed by atoms with van der Waals surface area (Å²) < 4.78 is 32.3. The van der Waals surface area contributed by atoms with Gasteiger partial charge in [-0.2, -0.15) is 0 Å². The fourth-order valence-corrected chi connectivity index (χ4v) is 3.04. The zero-order chi connectivity index (χ0) is 19.7. The number of nitrogens with zero attached hydrogens (tertiary/aromatic N) is 1. The van der Waals surface area contributed by atoms with Gasteiger partial charge in [-0.3, -0.25) is 9.69 Å². The van der Waals surface area contributed by atoms with E-state index in [9.17, 15) is 18.4 Å². The first-order chi connectivity index (χ1) is 12.8. The first kappa shape index (κ1) is 18.8. The molecule has 0 radical (unpaired) electrons. The predicted molar refractivity (Wildman–Crippen MR) is 98.0 cm³/mol. The molecular weight excluding hydrogens is 376 g/mol. The Labute approximate surface area is 159 Å². The van der Waals surface area contributed by atoms with Gasteiger partial charge in [-0.05, 0) is 37.3 Å². The third-order valence-corrected chi connectivity index (χ3v) is 4.45. The smallest absolute Gasteiger partial charge is 0.340 e. The number of esters is 1. The van der Waals surface area contributed by atoms with Gasteiger partial charge in [0.05, 0.1) is 29.0 Å². The highest BCUT2D eigenvalue weighted by molar-refractivity contribution is 6.31. The SMILES string of the molecule is COC(=O)C1=C(C)N(c2ccc(F)c(Cl)c2)C(=O)/C1=C\c1ccccc1F. The van der Waals surface area contributed by atoms with Gasteiger partial charge in [0.2, 0.25) is 0 Å². The number of benzene rings is 2. The van der Waals surface area contributed by atoms with E-state index in [1.807, 2.05) is 0 Å². The molecule has 3 rings (SSSR count). The molecule has 0 spiro atoms. The van der Waals surface area contributed by atoms with Gasteiger partial charge in [0.15, 0.2) is 0 Å². The molecule has 0 aromatic heterocycles. The Bertz CT molecular complexity index is 1010. The van der Waals surface area contributed by atoms with Crippen molar-refractivity contribution < 1.29 is 23.1 Å². The van der Waals surface area contributed by atoms with Crippen molar-refractivity contribution in [1.29, 1.82) is 0 Å². The number of carbonyl (C=O) groups excluding carboxylic acids is 2. The minimum atomic E-state index is -0.737. The Kier molecular flexibility index (Phi) is 5.10. The average molecular weight is 390 g/mol. The highest BCUT2D eigenvalue weighted by atomic mass is 35.5. The zero-order valence-electron chi connectivity index (χ0n) is 14.4. The van der Waals surface area contributed by atoms with Crippen LogP contribution in [0.2, 0.25) is 5.02 Å². The number of methoxy groups -OCH3 is 1. The second kappa shape index (κ2) is 7.32. The standard InChI is InChI=1S/C20H14ClF2NO3/c1-11-18(20(26)27-2)14(9-12-5-3-4-6-16(12)22)19(25)24(11)13-7-8-17(23)15(21)10-13/h3-10H,1-2H3/b14-9-. The van der Waals surface area contributed by atoms with Crippen molar-refractivity contribution in [3.63, 3.8) is 0 Å². The lowest BCUT2D eigenvalue weighted by atomic mass is 10.0. The number of carbonyl (C=O) groups is 2. The molecule has 0 fully saturated rings. The fraction of sp³-hybridized carbons (Fsp3) is 0.100. The minimum Gasteiger partial charge on any atom is -0.465 e. The van der Waals surface area contributed by atoms with Crippen LogP contribution in [0.25, 0.3) is 6.08 Å². The summed E-state index contributed by atoms with van der Waals surface area (Å²) in [6, 6.07) is 9.62. The van der Waals surface area contributed by atoms with Gasteiger partial charge in [0, 0.05) is 11.3 Å². The van der Waals surface area contributed by atoms with Crippen LogP contribution >= 0.6 is 11.6 Å². The summed E-state index contributed by atoms with van der Waals surface area (Å²) in [6.07, 6.45) is 1.29. The number of halogens is 3. The third-order valence-electron chi connectivity index (χ3n) is 4.16. The van der Waals surface area contributed by atoms with E-state index in [4.69, 9.17) is 16.3 Å². The Balaban J connectivity index is 2.17. The topological polar surface area (TPSA) is 46.6 Å². The van der Waals surface area contributed by atoms with Gasteiger partial charge >= 0.3 is 5.97 Å². The van der Waals surface area contributed by atoms with Gasteiger partial charge < -0.3 is 4.74 Å². The van der Waals surface area contributed by atoms with E-state index in [1.54, 1.807) is 13.0 Å². The van der Waals surface area contributed by atoms with Gasteiger partial charge in [0.25, 0.3) is 5.91 Å². The number of rotatable bonds is 3. The summed E-state index contributed by atoms with van der Waals surface area (Å²) in [7, 11) is 1.19. The molecule has 0 atom stereocenters. The van der Waals surface area contributed by atoms with Gasteiger partial charge in [0.1, 0.15) is 11.6 Å². The lowest BCUT2D eigenvalue weighted by Gasteiger charge is -2.18. The van der Waals surface area contributed by atoms with E-state index in [1.165, 1.54) is 48.4 Å². The molecule has 27 heavy (non-hydrogen) atoms. The number of allylic oxidation sites excluding steroid dienone is 1. The van der Waals surface area contributed by atoms with Crippen LogP contribution in [0.5, 0.6) is 0 Å². The fourth-order valence-electron chi connectivity index (χ4n) is 2.86. The Morgan fingerprint density at radius 2 is 1.85 bits per heavy atom. The molecule has 0 saturated carbocycles. The molecule has 0 saturated heterocycles. The molecule has 138 valence electrons. The van der Waals surface area contributed by atoms with Gasteiger partial charge in [-0.25, -0.2) is 13.6 Å². The summed E-state index contributed by atoms with van der Waals surface area (Å²) in [5.41, 5.74) is 0.685. The summed E-state index contributed by atoms with van der Waals surface area (Å²) in [5.74, 6) is -2.48. The normalized spacial score (nSPS) is 15.7. The van der Waals surface area contributed by atoms with Crippen molar-refractivity contribution in [2.45, 2.75) is 6.92 Å². The van der Waals surface area contributed by atoms with Crippen LogP contribution in [0, 0.1) is 11.6 Å². The molecule has 1 heterocycles. The monoisotopic (exact) mass is 389 g/mol. The first-order valence-corrected chi connectivity index (χ1v) is 8.28.